The first-order valence-electron chi connectivity index (χ1n) is 6.79. The number of rotatable bonds is 5. The molecule has 9 heteroatoms. The molecule has 1 aliphatic carbocycles. The second-order valence-electron chi connectivity index (χ2n) is 4.94. The summed E-state index contributed by atoms with van der Waals surface area (Å²) in [4.78, 5) is 4.30. The number of thioether (sulfide) groups is 1. The molecule has 2 heterocycles. The monoisotopic (exact) mass is 318 g/mol. The molecule has 22 heavy (non-hydrogen) atoms. The van der Waals surface area contributed by atoms with Gasteiger partial charge in [0.05, 0.1) is 11.8 Å². The molecule has 1 fully saturated rings. The largest absolute Gasteiger partial charge is 0.338 e. The minimum Gasteiger partial charge on any atom is -0.338 e. The third kappa shape index (κ3) is 2.71. The van der Waals surface area contributed by atoms with Crippen LogP contribution in [-0.4, -0.2) is 30.3 Å². The topological polar surface area (TPSA) is 82.5 Å². The third-order valence-corrected chi connectivity index (χ3v) is 4.17. The Labute approximate surface area is 128 Å². The fourth-order valence-electron chi connectivity index (χ4n) is 1.98. The van der Waals surface area contributed by atoms with Crippen LogP contribution in [0.15, 0.2) is 33.9 Å². The Bertz CT molecular complexity index is 782. The van der Waals surface area contributed by atoms with Gasteiger partial charge < -0.3 is 4.52 Å². The minimum absolute atomic E-state index is 0.296. The lowest BCUT2D eigenvalue weighted by molar-refractivity contribution is 0.391. The van der Waals surface area contributed by atoms with Crippen molar-refractivity contribution in [3.8, 4) is 11.4 Å². The van der Waals surface area contributed by atoms with E-state index in [1.807, 2.05) is 4.68 Å². The van der Waals surface area contributed by atoms with Crippen LogP contribution in [0.3, 0.4) is 0 Å². The molecule has 0 radical (unpaired) electrons. The highest BCUT2D eigenvalue weighted by molar-refractivity contribution is 7.98. The molecule has 0 saturated heterocycles. The molecular weight excluding hydrogens is 307 g/mol. The molecule has 0 spiro atoms. The average molecular weight is 318 g/mol. The summed E-state index contributed by atoms with van der Waals surface area (Å²) in [6.07, 6.45) is 2.24. The fraction of sp³-hybridized carbons (Fsp3) is 0.308. The lowest BCUT2D eigenvalue weighted by atomic mass is 10.2. The van der Waals surface area contributed by atoms with Crippen molar-refractivity contribution in [2.75, 3.05) is 0 Å². The van der Waals surface area contributed by atoms with Gasteiger partial charge in [0.2, 0.25) is 16.9 Å². The fourth-order valence-corrected chi connectivity index (χ4v) is 2.77. The van der Waals surface area contributed by atoms with Crippen molar-refractivity contribution >= 4 is 11.8 Å². The van der Waals surface area contributed by atoms with Crippen LogP contribution in [-0.2, 0) is 5.75 Å². The van der Waals surface area contributed by atoms with Crippen molar-refractivity contribution in [2.24, 2.45) is 0 Å². The van der Waals surface area contributed by atoms with E-state index < -0.39 is 0 Å². The van der Waals surface area contributed by atoms with E-state index in [2.05, 4.69) is 25.7 Å². The summed E-state index contributed by atoms with van der Waals surface area (Å²) >= 11 is 1.46. The van der Waals surface area contributed by atoms with E-state index in [4.69, 9.17) is 4.52 Å². The summed E-state index contributed by atoms with van der Waals surface area (Å²) in [5, 5.41) is 16.3. The summed E-state index contributed by atoms with van der Waals surface area (Å²) in [5.41, 5.74) is 0.712. The number of hydrogen-bond donors (Lipinski definition) is 0. The maximum atomic E-state index is 12.9. The maximum Gasteiger partial charge on any atom is 0.237 e. The van der Waals surface area contributed by atoms with Crippen molar-refractivity contribution in [2.45, 2.75) is 29.8 Å². The normalized spacial score (nSPS) is 14.4. The van der Waals surface area contributed by atoms with Crippen LogP contribution in [0.2, 0.25) is 0 Å². The van der Waals surface area contributed by atoms with Gasteiger partial charge in [-0.25, -0.2) is 9.07 Å². The van der Waals surface area contributed by atoms with Crippen LogP contribution in [0.1, 0.15) is 24.8 Å². The number of halogens is 1. The maximum absolute atomic E-state index is 12.9. The van der Waals surface area contributed by atoms with E-state index in [-0.39, 0.29) is 5.82 Å². The zero-order valence-electron chi connectivity index (χ0n) is 11.4. The molecule has 1 aromatic carbocycles. The number of aromatic nitrogens is 6. The van der Waals surface area contributed by atoms with E-state index >= 15 is 0 Å². The highest BCUT2D eigenvalue weighted by atomic mass is 32.2. The van der Waals surface area contributed by atoms with Crippen molar-refractivity contribution < 1.29 is 8.91 Å². The SMILES string of the molecule is Fc1ccc(-c2noc(CSc3nnnn3C3CC3)n2)cc1. The third-order valence-electron chi connectivity index (χ3n) is 3.25. The molecule has 3 aromatic rings. The molecule has 0 amide bonds. The summed E-state index contributed by atoms with van der Waals surface area (Å²) in [5.74, 6) is 1.11. The molecule has 0 atom stereocenters. The van der Waals surface area contributed by atoms with Gasteiger partial charge in [-0.1, -0.05) is 16.9 Å². The van der Waals surface area contributed by atoms with Gasteiger partial charge in [0.25, 0.3) is 0 Å². The summed E-state index contributed by atoms with van der Waals surface area (Å²) < 4.78 is 20.0. The summed E-state index contributed by atoms with van der Waals surface area (Å²) in [6, 6.07) is 6.39. The van der Waals surface area contributed by atoms with E-state index in [1.165, 1.54) is 23.9 Å². The molecule has 0 aliphatic heterocycles. The Morgan fingerprint density at radius 3 is 2.86 bits per heavy atom. The number of tetrazole rings is 1. The van der Waals surface area contributed by atoms with Gasteiger partial charge in [0.15, 0.2) is 0 Å². The molecule has 1 aliphatic rings. The Morgan fingerprint density at radius 1 is 1.27 bits per heavy atom. The van der Waals surface area contributed by atoms with Gasteiger partial charge in [0.1, 0.15) is 5.82 Å². The summed E-state index contributed by atoms with van der Waals surface area (Å²) in [6.45, 7) is 0. The molecule has 0 bridgehead atoms. The van der Waals surface area contributed by atoms with Crippen molar-refractivity contribution in [1.29, 1.82) is 0 Å². The minimum atomic E-state index is -0.296. The van der Waals surface area contributed by atoms with Crippen LogP contribution in [0.4, 0.5) is 4.39 Å². The van der Waals surface area contributed by atoms with Crippen molar-refractivity contribution in [3.63, 3.8) is 0 Å². The predicted octanol–water partition coefficient (Wildman–Crippen LogP) is 2.49. The van der Waals surface area contributed by atoms with E-state index in [9.17, 15) is 4.39 Å². The predicted molar refractivity (Wildman–Crippen MR) is 75.3 cm³/mol. The van der Waals surface area contributed by atoms with E-state index in [0.717, 1.165) is 18.0 Å². The Morgan fingerprint density at radius 2 is 2.09 bits per heavy atom. The van der Waals surface area contributed by atoms with Crippen LogP contribution in [0.5, 0.6) is 0 Å². The highest BCUT2D eigenvalue weighted by Crippen LogP contribution is 2.36. The molecule has 2 aromatic heterocycles. The summed E-state index contributed by atoms with van der Waals surface area (Å²) in [7, 11) is 0. The smallest absolute Gasteiger partial charge is 0.237 e. The molecule has 0 unspecified atom stereocenters. The van der Waals surface area contributed by atoms with E-state index in [0.29, 0.717) is 29.1 Å². The lowest BCUT2D eigenvalue weighted by Gasteiger charge is -1.99. The average Bonchev–Trinajstić information content (AvgIpc) is 3.09. The van der Waals surface area contributed by atoms with Gasteiger partial charge in [-0.15, -0.1) is 5.10 Å². The number of nitrogens with zero attached hydrogens (tertiary/aromatic N) is 6. The first-order chi connectivity index (χ1) is 10.8. The molecule has 1 saturated carbocycles. The standard InChI is InChI=1S/C13H11FN6OS/c14-9-3-1-8(2-4-9)12-15-11(21-17-12)7-22-13-16-18-19-20(13)10-5-6-10/h1-4,10H,5-7H2. The van der Waals surface area contributed by atoms with Crippen LogP contribution >= 0.6 is 11.8 Å². The van der Waals surface area contributed by atoms with Crippen LogP contribution in [0, 0.1) is 5.82 Å². The van der Waals surface area contributed by atoms with E-state index in [1.54, 1.807) is 12.1 Å². The second kappa shape index (κ2) is 5.48. The zero-order valence-corrected chi connectivity index (χ0v) is 12.2. The number of benzene rings is 1. The quantitative estimate of drug-likeness (QED) is 0.668. The van der Waals surface area contributed by atoms with Gasteiger partial charge in [0, 0.05) is 5.56 Å². The van der Waals surface area contributed by atoms with Gasteiger partial charge in [-0.2, -0.15) is 4.98 Å². The molecular formula is C13H11FN6OS. The van der Waals surface area contributed by atoms with Gasteiger partial charge in [-0.3, -0.25) is 0 Å². The van der Waals surface area contributed by atoms with Gasteiger partial charge >= 0.3 is 0 Å². The molecule has 7 nitrogen and oxygen atoms in total. The highest BCUT2D eigenvalue weighted by Gasteiger charge is 2.28. The van der Waals surface area contributed by atoms with Crippen molar-refractivity contribution in [3.05, 3.63) is 36.0 Å². The lowest BCUT2D eigenvalue weighted by Crippen LogP contribution is -1.98. The molecule has 0 N–H and O–H groups in total. The Balaban J connectivity index is 1.45. The Kier molecular flexibility index (Phi) is 3.34. The van der Waals surface area contributed by atoms with Crippen molar-refractivity contribution in [1.82, 2.24) is 30.3 Å². The molecule has 4 rings (SSSR count). The van der Waals surface area contributed by atoms with Crippen LogP contribution < -0.4 is 0 Å². The van der Waals surface area contributed by atoms with Crippen LogP contribution in [0.25, 0.3) is 11.4 Å². The first-order valence-corrected chi connectivity index (χ1v) is 7.77. The zero-order chi connectivity index (χ0) is 14.9. The molecule has 112 valence electrons. The van der Waals surface area contributed by atoms with Gasteiger partial charge in [-0.05, 0) is 47.5 Å². The first kappa shape index (κ1) is 13.4. The Hall–Kier alpha value is -2.29. The number of hydrogen-bond acceptors (Lipinski definition) is 7. The second-order valence-corrected chi connectivity index (χ2v) is 5.89.